The molecule has 4 heterocycles. The lowest BCUT2D eigenvalue weighted by Gasteiger charge is -2.40. The van der Waals surface area contributed by atoms with Crippen molar-refractivity contribution in [3.8, 4) is 0 Å². The molecule has 27 heavy (non-hydrogen) atoms. The van der Waals surface area contributed by atoms with Gasteiger partial charge in [0.25, 0.3) is 5.91 Å². The van der Waals surface area contributed by atoms with Crippen LogP contribution in [0.5, 0.6) is 0 Å². The zero-order chi connectivity index (χ0) is 18.0. The maximum Gasteiger partial charge on any atom is 0.263 e. The fourth-order valence-corrected chi connectivity index (χ4v) is 5.71. The number of carbonyl (C=O) groups is 1. The van der Waals surface area contributed by atoms with Crippen LogP contribution in [0.4, 0.5) is 0 Å². The highest BCUT2D eigenvalue weighted by Gasteiger charge is 2.40. The fraction of sp³-hybridized carbons (Fsp3) is 0.750. The molecule has 0 saturated carbocycles. The van der Waals surface area contributed by atoms with Gasteiger partial charge in [0.05, 0.1) is 23.2 Å². The van der Waals surface area contributed by atoms with E-state index in [9.17, 15) is 4.79 Å². The average molecular weight is 415 g/mol. The van der Waals surface area contributed by atoms with Crippen LogP contribution in [0, 0.1) is 0 Å². The highest BCUT2D eigenvalue weighted by atomic mass is 35.5. The molecule has 2 fully saturated rings. The first-order valence-corrected chi connectivity index (χ1v) is 10.8. The van der Waals surface area contributed by atoms with Crippen molar-refractivity contribution in [3.63, 3.8) is 0 Å². The molecule has 1 N–H and O–H groups in total. The second-order valence-electron chi connectivity index (χ2n) is 7.79. The van der Waals surface area contributed by atoms with E-state index in [1.165, 1.54) is 23.3 Å². The second-order valence-corrected chi connectivity index (χ2v) is 8.93. The number of carbonyl (C=O) groups excluding carboxylic acids is 1. The van der Waals surface area contributed by atoms with Gasteiger partial charge in [-0.05, 0) is 63.2 Å². The van der Waals surface area contributed by atoms with E-state index in [4.69, 9.17) is 9.47 Å². The number of fused-ring (bicyclic) bond motifs is 2. The third-order valence-electron chi connectivity index (χ3n) is 6.02. The van der Waals surface area contributed by atoms with Gasteiger partial charge in [-0.25, -0.2) is 0 Å². The number of hydrogen-bond acceptors (Lipinski definition) is 5. The van der Waals surface area contributed by atoms with Crippen LogP contribution in [-0.4, -0.2) is 56.8 Å². The molecule has 4 rings (SSSR count). The van der Waals surface area contributed by atoms with Crippen LogP contribution in [-0.2, 0) is 21.5 Å². The highest BCUT2D eigenvalue weighted by molar-refractivity contribution is 7.14. The number of ether oxygens (including phenoxy) is 2. The Kier molecular flexibility index (Phi) is 7.20. The van der Waals surface area contributed by atoms with Gasteiger partial charge < -0.3 is 19.7 Å². The number of thiophene rings is 1. The van der Waals surface area contributed by atoms with Gasteiger partial charge in [-0.2, -0.15) is 0 Å². The van der Waals surface area contributed by atoms with Gasteiger partial charge >= 0.3 is 0 Å². The van der Waals surface area contributed by atoms with Gasteiger partial charge in [-0.1, -0.05) is 0 Å². The highest BCUT2D eigenvalue weighted by Crippen LogP contribution is 2.43. The summed E-state index contributed by atoms with van der Waals surface area (Å²) in [5, 5.41) is 3.42. The topological polar surface area (TPSA) is 50.8 Å². The van der Waals surface area contributed by atoms with E-state index in [-0.39, 0.29) is 23.9 Å². The first-order valence-electron chi connectivity index (χ1n) is 10.0. The molecule has 1 atom stereocenters. The summed E-state index contributed by atoms with van der Waals surface area (Å²) in [6.45, 7) is 4.45. The lowest BCUT2D eigenvalue weighted by molar-refractivity contribution is -0.0792. The number of halogens is 1. The smallest absolute Gasteiger partial charge is 0.263 e. The summed E-state index contributed by atoms with van der Waals surface area (Å²) < 4.78 is 11.9. The maximum absolute atomic E-state index is 12.9. The molecule has 0 aliphatic carbocycles. The summed E-state index contributed by atoms with van der Waals surface area (Å²) in [5.74, 6) is 0.154. The van der Waals surface area contributed by atoms with E-state index in [1.807, 2.05) is 11.9 Å². The Morgan fingerprint density at radius 2 is 2.19 bits per heavy atom. The Morgan fingerprint density at radius 1 is 1.37 bits per heavy atom. The van der Waals surface area contributed by atoms with Crippen LogP contribution in [0.15, 0.2) is 6.07 Å². The third-order valence-corrected chi connectivity index (χ3v) is 7.20. The van der Waals surface area contributed by atoms with Crippen molar-refractivity contribution in [1.29, 1.82) is 0 Å². The van der Waals surface area contributed by atoms with Crippen molar-refractivity contribution < 1.29 is 14.3 Å². The maximum atomic E-state index is 12.9. The van der Waals surface area contributed by atoms with Crippen molar-refractivity contribution in [2.24, 2.45) is 0 Å². The van der Waals surface area contributed by atoms with Crippen molar-refractivity contribution in [1.82, 2.24) is 10.2 Å². The molecule has 1 aromatic heterocycles. The van der Waals surface area contributed by atoms with Crippen molar-refractivity contribution in [3.05, 3.63) is 21.4 Å². The van der Waals surface area contributed by atoms with Crippen LogP contribution < -0.4 is 5.32 Å². The molecule has 5 nitrogen and oxygen atoms in total. The predicted molar refractivity (Wildman–Crippen MR) is 110 cm³/mol. The molecule has 0 bridgehead atoms. The Labute approximate surface area is 172 Å². The van der Waals surface area contributed by atoms with Crippen molar-refractivity contribution in [2.75, 3.05) is 39.9 Å². The molecule has 2 saturated heterocycles. The van der Waals surface area contributed by atoms with Gasteiger partial charge in [0.2, 0.25) is 0 Å². The molecule has 1 unspecified atom stereocenters. The molecule has 1 amide bonds. The average Bonchev–Trinajstić information content (AvgIpc) is 3.32. The summed E-state index contributed by atoms with van der Waals surface area (Å²) in [6.07, 6.45) is 7.77. The lowest BCUT2D eigenvalue weighted by Crippen LogP contribution is -2.44. The number of rotatable bonds is 5. The quantitative estimate of drug-likeness (QED) is 0.802. The summed E-state index contributed by atoms with van der Waals surface area (Å²) >= 11 is 1.68. The fourth-order valence-electron chi connectivity index (χ4n) is 4.48. The van der Waals surface area contributed by atoms with Crippen LogP contribution in [0.1, 0.15) is 58.6 Å². The Bertz CT molecular complexity index is 639. The van der Waals surface area contributed by atoms with Crippen LogP contribution >= 0.6 is 23.7 Å². The molecule has 152 valence electrons. The minimum Gasteiger partial charge on any atom is -0.378 e. The Morgan fingerprint density at radius 3 is 2.93 bits per heavy atom. The van der Waals surface area contributed by atoms with Crippen LogP contribution in [0.2, 0.25) is 0 Å². The Balaban J connectivity index is 0.00000210. The number of piperidine rings is 1. The van der Waals surface area contributed by atoms with Gasteiger partial charge in [0.15, 0.2) is 0 Å². The van der Waals surface area contributed by atoms with E-state index in [0.29, 0.717) is 6.10 Å². The van der Waals surface area contributed by atoms with Crippen LogP contribution in [0.25, 0.3) is 0 Å². The monoisotopic (exact) mass is 414 g/mol. The van der Waals surface area contributed by atoms with E-state index in [0.717, 1.165) is 69.8 Å². The second kappa shape index (κ2) is 9.23. The third kappa shape index (κ3) is 4.51. The lowest BCUT2D eigenvalue weighted by atomic mass is 9.83. The van der Waals surface area contributed by atoms with Crippen molar-refractivity contribution in [2.45, 2.75) is 56.7 Å². The molecule has 3 aliphatic rings. The number of nitrogens with zero attached hydrogens (tertiary/aromatic N) is 1. The molecular formula is C20H31ClN2O3S. The number of hydrogen-bond donors (Lipinski definition) is 1. The van der Waals surface area contributed by atoms with Crippen LogP contribution in [0.3, 0.4) is 0 Å². The first kappa shape index (κ1) is 21.1. The van der Waals surface area contributed by atoms with Crippen molar-refractivity contribution >= 4 is 29.7 Å². The summed E-state index contributed by atoms with van der Waals surface area (Å²) in [6, 6.07) is 2.13. The van der Waals surface area contributed by atoms with E-state index in [2.05, 4.69) is 11.4 Å². The largest absolute Gasteiger partial charge is 0.378 e. The standard InChI is InChI=1S/C20H30N2O3S.ClH/c1-22(11-2-4-15-5-3-12-24-15)19(23)18-14-16-17(26-18)6-13-25-20(16)7-9-21-10-8-20;/h14-15,21H,2-13H2,1H3;1H. The van der Waals surface area contributed by atoms with Gasteiger partial charge in [-0.15, -0.1) is 23.7 Å². The summed E-state index contributed by atoms with van der Waals surface area (Å²) in [4.78, 5) is 17.0. The van der Waals surface area contributed by atoms with E-state index < -0.39 is 0 Å². The minimum atomic E-state index is -0.160. The summed E-state index contributed by atoms with van der Waals surface area (Å²) in [7, 11) is 1.92. The predicted octanol–water partition coefficient (Wildman–Crippen LogP) is 3.35. The van der Waals surface area contributed by atoms with Gasteiger partial charge in [0, 0.05) is 31.5 Å². The molecule has 0 radical (unpaired) electrons. The molecular weight excluding hydrogens is 384 g/mol. The minimum absolute atomic E-state index is 0. The number of amides is 1. The first-order chi connectivity index (χ1) is 12.7. The van der Waals surface area contributed by atoms with E-state index in [1.54, 1.807) is 11.3 Å². The molecule has 3 aliphatic heterocycles. The Hall–Kier alpha value is -0.660. The molecule has 7 heteroatoms. The summed E-state index contributed by atoms with van der Waals surface area (Å²) in [5.41, 5.74) is 1.12. The molecule has 1 aromatic rings. The zero-order valence-corrected chi connectivity index (χ0v) is 17.8. The zero-order valence-electron chi connectivity index (χ0n) is 16.1. The van der Waals surface area contributed by atoms with E-state index >= 15 is 0 Å². The normalized spacial score (nSPS) is 23.7. The van der Waals surface area contributed by atoms with Gasteiger partial charge in [0.1, 0.15) is 0 Å². The molecule has 1 spiro atoms. The SMILES string of the molecule is CN(CCCC1CCCO1)C(=O)c1cc2c(s1)CCOC21CCNCC1.Cl. The molecule has 0 aromatic carbocycles. The van der Waals surface area contributed by atoms with Gasteiger partial charge in [-0.3, -0.25) is 4.79 Å². The number of nitrogens with one attached hydrogen (secondary N) is 1.